The van der Waals surface area contributed by atoms with Crippen LogP contribution in [0.15, 0.2) is 54.6 Å². The van der Waals surface area contributed by atoms with Gasteiger partial charge in [0.25, 0.3) is 0 Å². The Morgan fingerprint density at radius 3 is 2.53 bits per heavy atom. The van der Waals surface area contributed by atoms with Crippen LogP contribution < -0.4 is 0 Å². The molecule has 4 aromatic rings. The summed E-state index contributed by atoms with van der Waals surface area (Å²) < 4.78 is 0. The molecule has 0 saturated heterocycles. The Balaban J connectivity index is 1.36. The van der Waals surface area contributed by atoms with Crippen LogP contribution in [0, 0.1) is 5.92 Å². The largest absolute Gasteiger partial charge is 0.480 e. The molecule has 1 amide bonds. The lowest BCUT2D eigenvalue weighted by atomic mass is 10.1. The Kier molecular flexibility index (Phi) is 5.75. The molecule has 1 fully saturated rings. The predicted octanol–water partition coefficient (Wildman–Crippen LogP) is 3.68. The van der Waals surface area contributed by atoms with Gasteiger partial charge in [-0.3, -0.25) is 4.79 Å². The van der Waals surface area contributed by atoms with Crippen molar-refractivity contribution in [1.82, 2.24) is 30.5 Å². The molecule has 2 N–H and O–H groups in total. The number of nitrogens with one attached hydrogen (secondary N) is 1. The van der Waals surface area contributed by atoms with Crippen LogP contribution in [0.4, 0.5) is 0 Å². The standard InChI is InChI=1S/C25H24N6O3/c1-15(25(33)34)31(23(32)13-16-2-3-16)14-17-4-10-22-20(12-17)9-11-21(26-22)18-5-7-19(8-6-18)24-27-29-30-28-24/h4-12,15-16H,2-3,13-14H2,1H3,(H,33,34)(H,27,28,29,30). The Bertz CT molecular complexity index is 1330. The second kappa shape index (κ2) is 9.01. The van der Waals surface area contributed by atoms with Gasteiger partial charge in [0.1, 0.15) is 6.04 Å². The summed E-state index contributed by atoms with van der Waals surface area (Å²) in [4.78, 5) is 30.6. The van der Waals surface area contributed by atoms with E-state index in [1.165, 1.54) is 4.90 Å². The number of pyridine rings is 1. The van der Waals surface area contributed by atoms with Crippen LogP contribution in [-0.2, 0) is 16.1 Å². The number of nitrogens with zero attached hydrogens (tertiary/aromatic N) is 5. The maximum atomic E-state index is 12.7. The van der Waals surface area contributed by atoms with Crippen molar-refractivity contribution < 1.29 is 14.7 Å². The van der Waals surface area contributed by atoms with E-state index < -0.39 is 12.0 Å². The van der Waals surface area contributed by atoms with Crippen LogP contribution in [0.5, 0.6) is 0 Å². The third-order valence-corrected chi connectivity index (χ3v) is 6.20. The topological polar surface area (TPSA) is 125 Å². The van der Waals surface area contributed by atoms with E-state index >= 15 is 0 Å². The smallest absolute Gasteiger partial charge is 0.326 e. The Morgan fingerprint density at radius 2 is 1.85 bits per heavy atom. The average molecular weight is 457 g/mol. The third kappa shape index (κ3) is 4.63. The second-order valence-corrected chi connectivity index (χ2v) is 8.72. The molecule has 1 aliphatic rings. The monoisotopic (exact) mass is 456 g/mol. The van der Waals surface area contributed by atoms with Crippen LogP contribution in [0.2, 0.25) is 0 Å². The summed E-state index contributed by atoms with van der Waals surface area (Å²) in [5.74, 6) is -0.166. The van der Waals surface area contributed by atoms with E-state index in [1.807, 2.05) is 54.6 Å². The first-order valence-corrected chi connectivity index (χ1v) is 11.2. The molecular formula is C25H24N6O3. The van der Waals surface area contributed by atoms with Crippen LogP contribution in [0.1, 0.15) is 31.7 Å². The molecule has 0 radical (unpaired) electrons. The summed E-state index contributed by atoms with van der Waals surface area (Å²) in [7, 11) is 0. The summed E-state index contributed by atoms with van der Waals surface area (Å²) in [6, 6.07) is 16.6. The molecule has 0 aliphatic heterocycles. The van der Waals surface area contributed by atoms with Gasteiger partial charge in [-0.05, 0) is 54.7 Å². The number of aromatic nitrogens is 5. The SMILES string of the molecule is CC(C(=O)O)N(Cc1ccc2nc(-c3ccc(-c4nn[nH]n4)cc3)ccc2c1)C(=O)CC1CC1. The normalized spacial score (nSPS) is 14.1. The van der Waals surface area contributed by atoms with Gasteiger partial charge >= 0.3 is 5.97 Å². The minimum Gasteiger partial charge on any atom is -0.480 e. The maximum absolute atomic E-state index is 12.7. The van der Waals surface area contributed by atoms with Gasteiger partial charge in [-0.15, -0.1) is 10.2 Å². The number of aliphatic carboxylic acids is 1. The summed E-state index contributed by atoms with van der Waals surface area (Å²) in [5.41, 5.74) is 4.36. The first-order chi connectivity index (χ1) is 16.5. The van der Waals surface area contributed by atoms with Crippen molar-refractivity contribution in [2.45, 2.75) is 38.8 Å². The van der Waals surface area contributed by atoms with Crippen molar-refractivity contribution in [2.24, 2.45) is 5.92 Å². The number of carbonyl (C=O) groups excluding carboxylic acids is 1. The molecular weight excluding hydrogens is 432 g/mol. The number of carbonyl (C=O) groups is 2. The van der Waals surface area contributed by atoms with E-state index in [0.29, 0.717) is 18.2 Å². The first kappa shape index (κ1) is 21.7. The Hall–Kier alpha value is -4.14. The molecule has 1 unspecified atom stereocenters. The van der Waals surface area contributed by atoms with Crippen molar-refractivity contribution in [2.75, 3.05) is 0 Å². The summed E-state index contributed by atoms with van der Waals surface area (Å²) in [5, 5.41) is 24.4. The zero-order valence-electron chi connectivity index (χ0n) is 18.7. The highest BCUT2D eigenvalue weighted by Crippen LogP contribution is 2.33. The van der Waals surface area contributed by atoms with Gasteiger partial charge in [0.05, 0.1) is 11.2 Å². The van der Waals surface area contributed by atoms with Crippen molar-refractivity contribution in [3.63, 3.8) is 0 Å². The van der Waals surface area contributed by atoms with Gasteiger partial charge in [-0.1, -0.05) is 36.4 Å². The van der Waals surface area contributed by atoms with Crippen LogP contribution >= 0.6 is 0 Å². The quantitative estimate of drug-likeness (QED) is 0.414. The molecule has 1 atom stereocenters. The van der Waals surface area contributed by atoms with Crippen molar-refractivity contribution in [1.29, 1.82) is 0 Å². The summed E-state index contributed by atoms with van der Waals surface area (Å²) in [6.07, 6.45) is 2.51. The summed E-state index contributed by atoms with van der Waals surface area (Å²) in [6.45, 7) is 1.82. The molecule has 5 rings (SSSR count). The molecule has 2 aromatic heterocycles. The number of amides is 1. The van der Waals surface area contributed by atoms with E-state index in [1.54, 1.807) is 6.92 Å². The second-order valence-electron chi connectivity index (χ2n) is 8.72. The molecule has 1 aliphatic carbocycles. The van der Waals surface area contributed by atoms with Crippen molar-refractivity contribution in [3.05, 3.63) is 60.2 Å². The maximum Gasteiger partial charge on any atom is 0.326 e. The van der Waals surface area contributed by atoms with Crippen molar-refractivity contribution in [3.8, 4) is 22.6 Å². The molecule has 9 nitrogen and oxygen atoms in total. The number of carboxylic acid groups (broad SMARTS) is 1. The number of rotatable bonds is 8. The van der Waals surface area contributed by atoms with Gasteiger partial charge in [0, 0.05) is 29.5 Å². The zero-order chi connectivity index (χ0) is 23.7. The van der Waals surface area contributed by atoms with Crippen LogP contribution in [0.3, 0.4) is 0 Å². The molecule has 9 heteroatoms. The van der Waals surface area contributed by atoms with E-state index in [2.05, 4.69) is 20.6 Å². The first-order valence-electron chi connectivity index (χ1n) is 11.2. The third-order valence-electron chi connectivity index (χ3n) is 6.20. The van der Waals surface area contributed by atoms with Gasteiger partial charge in [0.2, 0.25) is 11.7 Å². The fourth-order valence-corrected chi connectivity index (χ4v) is 3.97. The lowest BCUT2D eigenvalue weighted by molar-refractivity contribution is -0.150. The number of hydrogen-bond acceptors (Lipinski definition) is 6. The number of carboxylic acids is 1. The molecule has 0 bridgehead atoms. The van der Waals surface area contributed by atoms with Gasteiger partial charge < -0.3 is 10.0 Å². The highest BCUT2D eigenvalue weighted by atomic mass is 16.4. The van der Waals surface area contributed by atoms with E-state index in [-0.39, 0.29) is 12.5 Å². The lowest BCUT2D eigenvalue weighted by Gasteiger charge is -2.27. The Morgan fingerprint density at radius 1 is 1.09 bits per heavy atom. The van der Waals surface area contributed by atoms with E-state index in [0.717, 1.165) is 46.1 Å². The molecule has 172 valence electrons. The number of tetrazole rings is 1. The van der Waals surface area contributed by atoms with Crippen LogP contribution in [0.25, 0.3) is 33.5 Å². The minimum atomic E-state index is -0.999. The molecule has 1 saturated carbocycles. The van der Waals surface area contributed by atoms with E-state index in [4.69, 9.17) is 4.98 Å². The molecule has 2 heterocycles. The Labute approximate surface area is 195 Å². The van der Waals surface area contributed by atoms with Crippen LogP contribution in [-0.4, -0.2) is 53.5 Å². The molecule has 34 heavy (non-hydrogen) atoms. The highest BCUT2D eigenvalue weighted by molar-refractivity contribution is 5.85. The van der Waals surface area contributed by atoms with Gasteiger partial charge in [-0.2, -0.15) is 5.21 Å². The van der Waals surface area contributed by atoms with Gasteiger partial charge in [-0.25, -0.2) is 9.78 Å². The fraction of sp³-hybridized carbons (Fsp3) is 0.280. The molecule has 0 spiro atoms. The highest BCUT2D eigenvalue weighted by Gasteiger charge is 2.31. The molecule has 2 aromatic carbocycles. The van der Waals surface area contributed by atoms with Gasteiger partial charge in [0.15, 0.2) is 0 Å². The lowest BCUT2D eigenvalue weighted by Crippen LogP contribution is -2.42. The fourth-order valence-electron chi connectivity index (χ4n) is 3.97. The van der Waals surface area contributed by atoms with Crippen molar-refractivity contribution >= 4 is 22.8 Å². The number of aromatic amines is 1. The number of fused-ring (bicyclic) bond motifs is 1. The van der Waals surface area contributed by atoms with E-state index in [9.17, 15) is 14.7 Å². The average Bonchev–Trinajstić information content (AvgIpc) is 3.49. The predicted molar refractivity (Wildman–Crippen MR) is 125 cm³/mol. The zero-order valence-corrected chi connectivity index (χ0v) is 18.7. The minimum absolute atomic E-state index is 0.102. The number of hydrogen-bond donors (Lipinski definition) is 2. The summed E-state index contributed by atoms with van der Waals surface area (Å²) >= 11 is 0. The number of H-pyrrole nitrogens is 1. The number of benzene rings is 2.